The number of hydrogen-bond acceptors (Lipinski definition) is 4. The zero-order valence-corrected chi connectivity index (χ0v) is 10.9. The van der Waals surface area contributed by atoms with Gasteiger partial charge in [0.15, 0.2) is 0 Å². The van der Waals surface area contributed by atoms with Crippen LogP contribution in [0.1, 0.15) is 12.8 Å². The van der Waals surface area contributed by atoms with E-state index in [2.05, 4.69) is 0 Å². The van der Waals surface area contributed by atoms with Gasteiger partial charge in [-0.3, -0.25) is 4.79 Å². The molecule has 2 aliphatic rings. The summed E-state index contributed by atoms with van der Waals surface area (Å²) in [5.41, 5.74) is 5.52. The molecule has 0 aromatic rings. The third kappa shape index (κ3) is 3.26. The number of hydrogen-bond donors (Lipinski definition) is 1. The maximum atomic E-state index is 12.0. The van der Waals surface area contributed by atoms with E-state index >= 15 is 0 Å². The highest BCUT2D eigenvalue weighted by Gasteiger charge is 2.33. The summed E-state index contributed by atoms with van der Waals surface area (Å²) in [6.45, 7) is 2.27. The van der Waals surface area contributed by atoms with Gasteiger partial charge in [0.2, 0.25) is 0 Å². The van der Waals surface area contributed by atoms with Crippen LogP contribution in [0.4, 0.5) is 0 Å². The van der Waals surface area contributed by atoms with Gasteiger partial charge < -0.3 is 15.4 Å². The first-order valence-corrected chi connectivity index (χ1v) is 6.69. The monoisotopic (exact) mass is 266 g/mol. The molecule has 94 valence electrons. The number of halogens is 1. The van der Waals surface area contributed by atoms with E-state index in [4.69, 9.17) is 10.5 Å². The van der Waals surface area contributed by atoms with E-state index in [0.29, 0.717) is 6.54 Å². The lowest BCUT2D eigenvalue weighted by Crippen LogP contribution is -2.44. The molecular weight excluding hydrogens is 248 g/mol. The van der Waals surface area contributed by atoms with E-state index in [1.807, 2.05) is 16.7 Å². The number of ether oxygens (including phenoxy) is 1. The summed E-state index contributed by atoms with van der Waals surface area (Å²) in [7, 11) is 0. The molecule has 2 heterocycles. The molecule has 0 aliphatic carbocycles. The second-order valence-corrected chi connectivity index (χ2v) is 5.22. The maximum Gasteiger partial charge on any atom is 0.251 e. The minimum absolute atomic E-state index is 0. The lowest BCUT2D eigenvalue weighted by atomic mass is 10.2. The van der Waals surface area contributed by atoms with Crippen molar-refractivity contribution < 1.29 is 9.53 Å². The molecule has 4 nitrogen and oxygen atoms in total. The van der Waals surface area contributed by atoms with Crippen molar-refractivity contribution >= 4 is 30.1 Å². The van der Waals surface area contributed by atoms with Crippen LogP contribution in [0.3, 0.4) is 0 Å². The lowest BCUT2D eigenvalue weighted by molar-refractivity contribution is -0.142. The molecule has 0 spiro atoms. The Hall–Kier alpha value is 0.0300. The fourth-order valence-electron chi connectivity index (χ4n) is 2.05. The molecule has 2 saturated heterocycles. The molecule has 6 heteroatoms. The van der Waals surface area contributed by atoms with Crippen molar-refractivity contribution in [2.75, 3.05) is 31.1 Å². The van der Waals surface area contributed by atoms with E-state index < -0.39 is 0 Å². The molecule has 0 bridgehead atoms. The number of nitrogens with two attached hydrogens (primary N) is 1. The third-order valence-corrected chi connectivity index (χ3v) is 3.91. The number of amides is 1. The first-order chi connectivity index (χ1) is 7.31. The summed E-state index contributed by atoms with van der Waals surface area (Å²) in [5.74, 6) is 2.28. The summed E-state index contributed by atoms with van der Waals surface area (Å²) in [5, 5.41) is 0. The van der Waals surface area contributed by atoms with Crippen molar-refractivity contribution in [1.29, 1.82) is 0 Å². The third-order valence-electron chi connectivity index (χ3n) is 2.97. The molecule has 1 amide bonds. The fraction of sp³-hybridized carbons (Fsp3) is 0.900. The van der Waals surface area contributed by atoms with Crippen LogP contribution in [-0.2, 0) is 9.53 Å². The molecule has 0 unspecified atom stereocenters. The van der Waals surface area contributed by atoms with E-state index in [1.165, 1.54) is 0 Å². The molecule has 0 aromatic heterocycles. The summed E-state index contributed by atoms with van der Waals surface area (Å²) >= 11 is 1.91. The SMILES string of the molecule is Cl.NC[C@H]1CC[C@@H](C(=O)N2CCSCC2)O1. The maximum absolute atomic E-state index is 12.0. The van der Waals surface area contributed by atoms with Crippen LogP contribution in [0.15, 0.2) is 0 Å². The number of thioether (sulfide) groups is 1. The van der Waals surface area contributed by atoms with Crippen LogP contribution < -0.4 is 5.73 Å². The second-order valence-electron chi connectivity index (χ2n) is 4.00. The zero-order chi connectivity index (χ0) is 10.7. The highest BCUT2D eigenvalue weighted by molar-refractivity contribution is 7.99. The van der Waals surface area contributed by atoms with Crippen LogP contribution in [0, 0.1) is 0 Å². The molecule has 16 heavy (non-hydrogen) atoms. The predicted octanol–water partition coefficient (Wildman–Crippen LogP) is 0.490. The van der Waals surface area contributed by atoms with Gasteiger partial charge in [-0.05, 0) is 12.8 Å². The molecule has 2 atom stereocenters. The van der Waals surface area contributed by atoms with Crippen molar-refractivity contribution in [2.24, 2.45) is 5.73 Å². The van der Waals surface area contributed by atoms with Gasteiger partial charge in [-0.25, -0.2) is 0 Å². The van der Waals surface area contributed by atoms with E-state index in [-0.39, 0.29) is 30.5 Å². The van der Waals surface area contributed by atoms with E-state index in [1.54, 1.807) is 0 Å². The Balaban J connectivity index is 0.00000128. The minimum Gasteiger partial charge on any atom is -0.364 e. The summed E-state index contributed by atoms with van der Waals surface area (Å²) in [4.78, 5) is 13.9. The van der Waals surface area contributed by atoms with Gasteiger partial charge in [-0.2, -0.15) is 11.8 Å². The van der Waals surface area contributed by atoms with Gasteiger partial charge in [0, 0.05) is 31.1 Å². The van der Waals surface area contributed by atoms with Gasteiger partial charge in [-0.15, -0.1) is 12.4 Å². The van der Waals surface area contributed by atoms with E-state index in [0.717, 1.165) is 37.4 Å². The van der Waals surface area contributed by atoms with Crippen LogP contribution in [0.25, 0.3) is 0 Å². The average Bonchev–Trinajstić information content (AvgIpc) is 2.78. The zero-order valence-electron chi connectivity index (χ0n) is 9.26. The summed E-state index contributed by atoms with van der Waals surface area (Å²) in [6.07, 6.45) is 1.64. The van der Waals surface area contributed by atoms with E-state index in [9.17, 15) is 4.79 Å². The molecule has 0 saturated carbocycles. The predicted molar refractivity (Wildman–Crippen MR) is 68.1 cm³/mol. The van der Waals surface area contributed by atoms with Gasteiger partial charge in [0.1, 0.15) is 6.10 Å². The Bertz CT molecular complexity index is 237. The number of carbonyl (C=O) groups excluding carboxylic acids is 1. The molecular formula is C10H19ClN2O2S. The number of nitrogens with zero attached hydrogens (tertiary/aromatic N) is 1. The second kappa shape index (κ2) is 6.69. The molecule has 2 N–H and O–H groups in total. The minimum atomic E-state index is -0.221. The lowest BCUT2D eigenvalue weighted by Gasteiger charge is -2.28. The molecule has 0 radical (unpaired) electrons. The van der Waals surface area contributed by atoms with Gasteiger partial charge in [-0.1, -0.05) is 0 Å². The van der Waals surface area contributed by atoms with Crippen LogP contribution in [-0.4, -0.2) is 54.2 Å². The summed E-state index contributed by atoms with van der Waals surface area (Å²) < 4.78 is 5.60. The van der Waals surface area contributed by atoms with Crippen LogP contribution in [0.5, 0.6) is 0 Å². The Morgan fingerprint density at radius 3 is 2.62 bits per heavy atom. The molecule has 2 rings (SSSR count). The van der Waals surface area contributed by atoms with Crippen LogP contribution >= 0.6 is 24.2 Å². The van der Waals surface area contributed by atoms with Gasteiger partial charge >= 0.3 is 0 Å². The highest BCUT2D eigenvalue weighted by Crippen LogP contribution is 2.22. The quantitative estimate of drug-likeness (QED) is 0.790. The smallest absolute Gasteiger partial charge is 0.251 e. The first-order valence-electron chi connectivity index (χ1n) is 5.53. The van der Waals surface area contributed by atoms with Crippen molar-refractivity contribution in [2.45, 2.75) is 25.0 Å². The topological polar surface area (TPSA) is 55.6 Å². The van der Waals surface area contributed by atoms with Gasteiger partial charge in [0.05, 0.1) is 6.10 Å². The molecule has 2 aliphatic heterocycles. The Kier molecular flexibility index (Phi) is 5.89. The molecule has 0 aromatic carbocycles. The Morgan fingerprint density at radius 1 is 1.38 bits per heavy atom. The van der Waals surface area contributed by atoms with Crippen molar-refractivity contribution in [1.82, 2.24) is 4.90 Å². The van der Waals surface area contributed by atoms with Crippen molar-refractivity contribution in [3.63, 3.8) is 0 Å². The number of rotatable bonds is 2. The number of carbonyl (C=O) groups is 1. The van der Waals surface area contributed by atoms with Crippen molar-refractivity contribution in [3.05, 3.63) is 0 Å². The standard InChI is InChI=1S/C10H18N2O2S.ClH/c11-7-8-1-2-9(14-8)10(13)12-3-5-15-6-4-12;/h8-9H,1-7,11H2;1H/t8-,9+;/m1./s1. The summed E-state index contributed by atoms with van der Waals surface area (Å²) in [6, 6.07) is 0. The largest absolute Gasteiger partial charge is 0.364 e. The fourth-order valence-corrected chi connectivity index (χ4v) is 2.95. The average molecular weight is 267 g/mol. The normalized spacial score (nSPS) is 29.9. The highest BCUT2D eigenvalue weighted by atomic mass is 35.5. The Morgan fingerprint density at radius 2 is 2.06 bits per heavy atom. The first kappa shape index (κ1) is 14.1. The molecule has 2 fully saturated rings. The van der Waals surface area contributed by atoms with Gasteiger partial charge in [0.25, 0.3) is 5.91 Å². The van der Waals surface area contributed by atoms with Crippen molar-refractivity contribution in [3.8, 4) is 0 Å². The Labute approximate surface area is 107 Å². The van der Waals surface area contributed by atoms with Crippen LogP contribution in [0.2, 0.25) is 0 Å².